The largest absolute Gasteiger partial charge is 0.504 e. The first kappa shape index (κ1) is 42.3. The Morgan fingerprint density at radius 2 is 1.18 bits per heavy atom. The molecule has 1 unspecified atom stereocenters. The summed E-state index contributed by atoms with van der Waals surface area (Å²) in [5, 5.41) is 43.4. The summed E-state index contributed by atoms with van der Waals surface area (Å²) in [5.74, 6) is -5.11. The Morgan fingerprint density at radius 3 is 1.79 bits per heavy atom. The van der Waals surface area contributed by atoms with Crippen LogP contribution in [-0.4, -0.2) is 78.4 Å². The summed E-state index contributed by atoms with van der Waals surface area (Å²) in [6, 6.07) is 22.3. The predicted molar refractivity (Wildman–Crippen MR) is 220 cm³/mol. The van der Waals surface area contributed by atoms with E-state index in [9.17, 15) is 44.1 Å². The van der Waals surface area contributed by atoms with Gasteiger partial charge in [0.2, 0.25) is 18.6 Å². The number of ether oxygens (including phenoxy) is 4. The smallest absolute Gasteiger partial charge is 0.339 e. The lowest BCUT2D eigenvalue weighted by molar-refractivity contribution is -0.119. The number of nitrogens with one attached hydrogen (secondary N) is 5. The Labute approximate surface area is 347 Å². The van der Waals surface area contributed by atoms with E-state index in [0.29, 0.717) is 29.3 Å². The van der Waals surface area contributed by atoms with E-state index in [2.05, 4.69) is 26.6 Å². The maximum Gasteiger partial charge on any atom is 0.339 e. The highest BCUT2D eigenvalue weighted by molar-refractivity contribution is 6.10. The second kappa shape index (κ2) is 18.5. The summed E-state index contributed by atoms with van der Waals surface area (Å²) >= 11 is 0. The summed E-state index contributed by atoms with van der Waals surface area (Å²) < 4.78 is 21.1. The van der Waals surface area contributed by atoms with Crippen molar-refractivity contribution in [2.45, 2.75) is 13.3 Å². The predicted octanol–water partition coefficient (Wildman–Crippen LogP) is 5.23. The number of benzene rings is 5. The zero-order valence-electron chi connectivity index (χ0n) is 32.8. The van der Waals surface area contributed by atoms with E-state index in [1.165, 1.54) is 68.8 Å². The average molecular weight is 834 g/mol. The third-order valence-corrected chi connectivity index (χ3v) is 9.32. The van der Waals surface area contributed by atoms with E-state index in [4.69, 9.17) is 18.9 Å². The molecule has 0 aromatic heterocycles. The number of anilines is 4. The molecule has 0 fully saturated rings. The van der Waals surface area contributed by atoms with Crippen molar-refractivity contribution in [3.63, 3.8) is 0 Å². The van der Waals surface area contributed by atoms with E-state index in [1.54, 1.807) is 19.1 Å². The lowest BCUT2D eigenvalue weighted by Crippen LogP contribution is -2.32. The van der Waals surface area contributed by atoms with Crippen molar-refractivity contribution in [2.24, 2.45) is 5.92 Å². The molecular formula is C43H39N5O13. The fourth-order valence-electron chi connectivity index (χ4n) is 6.15. The number of carbonyl (C=O) groups excluding carboxylic acids is 5. The number of phenolic OH excluding ortho intramolecular Hbond substituents is 1. The van der Waals surface area contributed by atoms with Crippen LogP contribution in [0.1, 0.15) is 53.9 Å². The van der Waals surface area contributed by atoms with E-state index in [0.717, 1.165) is 11.6 Å². The van der Waals surface area contributed by atoms with Crippen LogP contribution in [0.4, 0.5) is 22.7 Å². The van der Waals surface area contributed by atoms with Crippen LogP contribution in [0.25, 0.3) is 0 Å². The lowest BCUT2D eigenvalue weighted by Gasteiger charge is -2.16. The molecule has 8 N–H and O–H groups in total. The number of hydrogen-bond acceptors (Lipinski definition) is 12. The number of amides is 5. The average Bonchev–Trinajstić information content (AvgIpc) is 3.71. The van der Waals surface area contributed by atoms with Gasteiger partial charge in [0.1, 0.15) is 5.56 Å². The zero-order chi connectivity index (χ0) is 43.8. The van der Waals surface area contributed by atoms with Gasteiger partial charge in [-0.1, -0.05) is 13.0 Å². The molecule has 0 spiro atoms. The van der Waals surface area contributed by atoms with Crippen molar-refractivity contribution in [1.29, 1.82) is 0 Å². The van der Waals surface area contributed by atoms with Crippen LogP contribution in [0, 0.1) is 5.92 Å². The highest BCUT2D eigenvalue weighted by Crippen LogP contribution is 2.41. The minimum absolute atomic E-state index is 0.0125. The minimum Gasteiger partial charge on any atom is -0.504 e. The number of aromatic carboxylic acids is 1. The first-order chi connectivity index (χ1) is 29.3. The molecule has 314 valence electrons. The Kier molecular flexibility index (Phi) is 12.9. The third-order valence-electron chi connectivity index (χ3n) is 9.32. The van der Waals surface area contributed by atoms with Crippen molar-refractivity contribution in [3.05, 3.63) is 119 Å². The van der Waals surface area contributed by atoms with E-state index >= 15 is 0 Å². The first-order valence-electron chi connectivity index (χ1n) is 18.4. The molecule has 5 aromatic rings. The maximum atomic E-state index is 13.1. The fourth-order valence-corrected chi connectivity index (χ4v) is 6.15. The molecule has 0 aliphatic carbocycles. The number of rotatable bonds is 15. The minimum atomic E-state index is -1.42. The van der Waals surface area contributed by atoms with Gasteiger partial charge in [0.15, 0.2) is 34.5 Å². The van der Waals surface area contributed by atoms with E-state index in [1.807, 2.05) is 18.2 Å². The van der Waals surface area contributed by atoms with Crippen molar-refractivity contribution in [2.75, 3.05) is 48.8 Å². The Hall–Kier alpha value is -8.28. The highest BCUT2D eigenvalue weighted by Gasteiger charge is 2.24. The van der Waals surface area contributed by atoms with Gasteiger partial charge in [-0.3, -0.25) is 24.0 Å². The van der Waals surface area contributed by atoms with Crippen LogP contribution in [0.2, 0.25) is 0 Å². The molecular weight excluding hydrogens is 794 g/mol. The van der Waals surface area contributed by atoms with Crippen LogP contribution >= 0.6 is 0 Å². The van der Waals surface area contributed by atoms with Crippen LogP contribution in [0.5, 0.6) is 34.5 Å². The second-order valence-corrected chi connectivity index (χ2v) is 13.5. The van der Waals surface area contributed by atoms with Gasteiger partial charge < -0.3 is 60.9 Å². The zero-order valence-corrected chi connectivity index (χ0v) is 32.8. The number of carboxylic acid groups (broad SMARTS) is 1. The first-order valence-corrected chi connectivity index (χ1v) is 18.4. The number of carboxylic acids is 1. The lowest BCUT2D eigenvalue weighted by atomic mass is 10.00. The van der Waals surface area contributed by atoms with Crippen molar-refractivity contribution in [3.8, 4) is 34.5 Å². The fraction of sp³-hybridized carbons (Fsp3) is 0.163. The summed E-state index contributed by atoms with van der Waals surface area (Å²) in [4.78, 5) is 75.7. The molecule has 1 heterocycles. The van der Waals surface area contributed by atoms with Gasteiger partial charge in [-0.05, 0) is 96.9 Å². The Balaban J connectivity index is 0.975. The number of aromatic hydroxyl groups is 2. The molecule has 61 heavy (non-hydrogen) atoms. The third kappa shape index (κ3) is 9.89. The van der Waals surface area contributed by atoms with Crippen LogP contribution < -0.4 is 45.5 Å². The molecule has 0 saturated carbocycles. The number of hydrogen-bond donors (Lipinski definition) is 8. The Bertz CT molecular complexity index is 2520. The molecule has 1 aliphatic rings. The summed E-state index contributed by atoms with van der Waals surface area (Å²) in [7, 11) is 2.38. The maximum absolute atomic E-state index is 13.1. The second-order valence-electron chi connectivity index (χ2n) is 13.5. The SMILES string of the molecule is COc1c(NC(=O)c2ccc(NC(=O)c3ccc(NC(=O)CNC(=O)c4ccc(NC(=O)C(C)Cc5ccc6c(c5)OCO6)cc4)cc3)c(OC)c2O)ccc(C(=O)O)c1O. The van der Waals surface area contributed by atoms with E-state index in [-0.39, 0.29) is 64.7 Å². The summed E-state index contributed by atoms with van der Waals surface area (Å²) in [5.41, 5.74) is 1.38. The quantitative estimate of drug-likeness (QED) is 0.0673. The van der Waals surface area contributed by atoms with Crippen LogP contribution in [0.3, 0.4) is 0 Å². The molecule has 1 aliphatic heterocycles. The van der Waals surface area contributed by atoms with Crippen LogP contribution in [0.15, 0.2) is 91.0 Å². The molecule has 1 atom stereocenters. The summed E-state index contributed by atoms with van der Waals surface area (Å²) in [6.07, 6.45) is 0.483. The van der Waals surface area contributed by atoms with Gasteiger partial charge in [0, 0.05) is 28.4 Å². The molecule has 6 rings (SSSR count). The van der Waals surface area contributed by atoms with Crippen LogP contribution in [-0.2, 0) is 16.0 Å². The van der Waals surface area contributed by atoms with Gasteiger partial charge in [-0.25, -0.2) is 4.79 Å². The topological polar surface area (TPSA) is 260 Å². The molecule has 0 saturated heterocycles. The number of fused-ring (bicyclic) bond motifs is 1. The van der Waals surface area contributed by atoms with Crippen molar-refractivity contribution in [1.82, 2.24) is 5.32 Å². The van der Waals surface area contributed by atoms with Gasteiger partial charge in [-0.15, -0.1) is 0 Å². The molecule has 0 radical (unpaired) electrons. The van der Waals surface area contributed by atoms with Gasteiger partial charge in [0.05, 0.1) is 37.7 Å². The van der Waals surface area contributed by atoms with E-state index < -0.39 is 46.7 Å². The Morgan fingerprint density at radius 1 is 0.639 bits per heavy atom. The number of carbonyl (C=O) groups is 6. The highest BCUT2D eigenvalue weighted by atomic mass is 16.7. The molecule has 5 amide bonds. The van der Waals surface area contributed by atoms with Crippen molar-refractivity contribution >= 4 is 58.3 Å². The molecule has 18 heteroatoms. The summed E-state index contributed by atoms with van der Waals surface area (Å²) in [6.45, 7) is 1.61. The van der Waals surface area contributed by atoms with Gasteiger partial charge in [-0.2, -0.15) is 0 Å². The standard InChI is InChI=1S/C43H39N5O13/c1-22(18-23-4-17-32-33(19-23)61-21-60-32)39(52)46-27-11-5-24(6-12-27)40(53)44-20-34(49)45-26-9-7-25(8-10-26)41(54)47-30-15-13-28(35(50)37(30)58-2)42(55)48-31-16-14-29(43(56)57)36(51)38(31)59-3/h4-17,19,22,50-51H,18,20-21H2,1-3H3,(H,44,53)(H,45,49)(H,46,52)(H,47,54)(H,48,55)(H,56,57). The molecule has 5 aromatic carbocycles. The number of methoxy groups -OCH3 is 2. The monoisotopic (exact) mass is 833 g/mol. The number of phenols is 2. The van der Waals surface area contributed by atoms with Crippen molar-refractivity contribution < 1.29 is 63.0 Å². The molecule has 18 nitrogen and oxygen atoms in total. The van der Waals surface area contributed by atoms with Gasteiger partial charge in [0.25, 0.3) is 17.7 Å². The normalized spacial score (nSPS) is 11.7. The van der Waals surface area contributed by atoms with Gasteiger partial charge >= 0.3 is 5.97 Å². The molecule has 0 bridgehead atoms.